The molecule has 1 amide bonds. The summed E-state index contributed by atoms with van der Waals surface area (Å²) in [5.74, 6) is 0.798. The molecule has 3 N–H and O–H groups in total. The fraction of sp³-hybridized carbons (Fsp3) is 0.600. The van der Waals surface area contributed by atoms with Crippen LogP contribution in [0.2, 0.25) is 0 Å². The van der Waals surface area contributed by atoms with Gasteiger partial charge >= 0.3 is 0 Å². The minimum atomic E-state index is -0.522. The van der Waals surface area contributed by atoms with E-state index in [1.165, 1.54) is 5.56 Å². The number of carbonyl (C=O) groups is 1. The molecule has 0 aromatic heterocycles. The second-order valence-electron chi connectivity index (χ2n) is 7.01. The number of nitrogens with zero attached hydrogens (tertiary/aromatic N) is 1. The second-order valence-corrected chi connectivity index (χ2v) is 7.01. The van der Waals surface area contributed by atoms with E-state index in [0.29, 0.717) is 19.1 Å². The fourth-order valence-electron chi connectivity index (χ4n) is 2.40. The van der Waals surface area contributed by atoms with Gasteiger partial charge in [-0.05, 0) is 53.0 Å². The molecule has 0 heterocycles. The summed E-state index contributed by atoms with van der Waals surface area (Å²) in [7, 11) is 0. The van der Waals surface area contributed by atoms with Crippen LogP contribution < -0.4 is 16.0 Å². The van der Waals surface area contributed by atoms with Crippen molar-refractivity contribution in [3.63, 3.8) is 0 Å². The quantitative estimate of drug-likeness (QED) is 0.292. The lowest BCUT2D eigenvalue weighted by Crippen LogP contribution is -2.44. The molecule has 1 aromatic carbocycles. The van der Waals surface area contributed by atoms with Gasteiger partial charge in [-0.25, -0.2) is 0 Å². The molecule has 1 unspecified atom stereocenters. The molecular weight excluding hydrogens is 439 g/mol. The maximum absolute atomic E-state index is 12.1. The van der Waals surface area contributed by atoms with E-state index < -0.39 is 5.41 Å². The second kappa shape index (κ2) is 12.9. The molecule has 6 heteroatoms. The highest BCUT2D eigenvalue weighted by molar-refractivity contribution is 14.0. The predicted octanol–water partition coefficient (Wildman–Crippen LogP) is 3.34. The molecule has 0 saturated carbocycles. The zero-order chi connectivity index (χ0) is 18.7. The lowest BCUT2D eigenvalue weighted by molar-refractivity contribution is -0.128. The van der Waals surface area contributed by atoms with Gasteiger partial charge in [0.1, 0.15) is 0 Å². The number of rotatable bonds is 9. The number of nitrogens with one attached hydrogen (secondary N) is 3. The smallest absolute Gasteiger partial charge is 0.227 e. The third-order valence-electron chi connectivity index (χ3n) is 4.02. The van der Waals surface area contributed by atoms with Gasteiger partial charge in [-0.1, -0.05) is 30.3 Å². The van der Waals surface area contributed by atoms with Crippen molar-refractivity contribution < 1.29 is 4.79 Å². The molecule has 0 saturated heterocycles. The molecule has 0 aliphatic heterocycles. The first-order valence-corrected chi connectivity index (χ1v) is 9.26. The molecule has 148 valence electrons. The summed E-state index contributed by atoms with van der Waals surface area (Å²) < 4.78 is 0. The van der Waals surface area contributed by atoms with Gasteiger partial charge in [-0.3, -0.25) is 9.79 Å². The number of benzene rings is 1. The molecular formula is C20H35IN4O. The topological polar surface area (TPSA) is 65.5 Å². The van der Waals surface area contributed by atoms with Crippen LogP contribution in [0.25, 0.3) is 0 Å². The van der Waals surface area contributed by atoms with Gasteiger partial charge in [0.05, 0.1) is 12.0 Å². The Balaban J connectivity index is 0.00000625. The van der Waals surface area contributed by atoms with E-state index in [0.717, 1.165) is 25.3 Å². The van der Waals surface area contributed by atoms with Crippen molar-refractivity contribution in [3.05, 3.63) is 35.9 Å². The molecule has 0 spiro atoms. The van der Waals surface area contributed by atoms with Gasteiger partial charge in [0.15, 0.2) is 5.96 Å². The van der Waals surface area contributed by atoms with Gasteiger partial charge < -0.3 is 16.0 Å². The first-order chi connectivity index (χ1) is 11.9. The van der Waals surface area contributed by atoms with Crippen molar-refractivity contribution in [2.75, 3.05) is 19.6 Å². The summed E-state index contributed by atoms with van der Waals surface area (Å²) in [6.45, 7) is 11.8. The third-order valence-corrected chi connectivity index (χ3v) is 4.02. The highest BCUT2D eigenvalue weighted by Gasteiger charge is 2.26. The van der Waals surface area contributed by atoms with Crippen molar-refractivity contribution in [1.82, 2.24) is 16.0 Å². The van der Waals surface area contributed by atoms with Crippen molar-refractivity contribution in [1.29, 1.82) is 0 Å². The van der Waals surface area contributed by atoms with Crippen molar-refractivity contribution >= 4 is 35.8 Å². The van der Waals surface area contributed by atoms with E-state index >= 15 is 0 Å². The summed E-state index contributed by atoms with van der Waals surface area (Å²) in [4.78, 5) is 16.7. The van der Waals surface area contributed by atoms with Crippen LogP contribution in [0.1, 0.15) is 46.6 Å². The summed E-state index contributed by atoms with van der Waals surface area (Å²) in [5.41, 5.74) is 0.821. The van der Waals surface area contributed by atoms with Crippen LogP contribution in [0.3, 0.4) is 0 Å². The van der Waals surface area contributed by atoms with E-state index in [-0.39, 0.29) is 29.9 Å². The number of carbonyl (C=O) groups excluding carboxylic acids is 1. The number of hydrogen-bond donors (Lipinski definition) is 3. The molecule has 1 atom stereocenters. The summed E-state index contributed by atoms with van der Waals surface area (Å²) in [6.07, 6.45) is 2.05. The Kier molecular flexibility index (Phi) is 12.3. The highest BCUT2D eigenvalue weighted by Crippen LogP contribution is 2.15. The van der Waals surface area contributed by atoms with Gasteiger partial charge in [-0.15, -0.1) is 24.0 Å². The normalized spacial score (nSPS) is 12.7. The largest absolute Gasteiger partial charge is 0.357 e. The molecule has 26 heavy (non-hydrogen) atoms. The Morgan fingerprint density at radius 1 is 1.12 bits per heavy atom. The first kappa shape index (κ1) is 24.7. The summed E-state index contributed by atoms with van der Waals surface area (Å²) in [6, 6.07) is 10.8. The molecule has 1 aromatic rings. The van der Waals surface area contributed by atoms with Gasteiger partial charge in [0, 0.05) is 19.1 Å². The Hall–Kier alpha value is -1.31. The van der Waals surface area contributed by atoms with Gasteiger partial charge in [0.25, 0.3) is 0 Å². The van der Waals surface area contributed by atoms with Crippen molar-refractivity contribution in [2.24, 2.45) is 10.4 Å². The van der Waals surface area contributed by atoms with E-state index in [2.05, 4.69) is 52.1 Å². The van der Waals surface area contributed by atoms with Crippen LogP contribution in [-0.2, 0) is 11.2 Å². The molecule has 5 nitrogen and oxygen atoms in total. The maximum atomic E-state index is 12.1. The van der Waals surface area contributed by atoms with Crippen LogP contribution >= 0.6 is 24.0 Å². The molecule has 0 radical (unpaired) electrons. The standard InChI is InChI=1S/C20H34N4O.HI/c1-6-21-18(25)20(4,5)15-23-19(22-7-2)24-16(3)13-14-17-11-9-8-10-12-17;/h8-12,16H,6-7,13-15H2,1-5H3,(H,21,25)(H2,22,23,24);1H. The molecule has 0 aliphatic carbocycles. The minimum absolute atomic E-state index is 0. The lowest BCUT2D eigenvalue weighted by atomic mass is 9.92. The predicted molar refractivity (Wildman–Crippen MR) is 121 cm³/mol. The van der Waals surface area contributed by atoms with Crippen molar-refractivity contribution in [2.45, 2.75) is 53.5 Å². The van der Waals surface area contributed by atoms with E-state index in [1.807, 2.05) is 33.8 Å². The van der Waals surface area contributed by atoms with Gasteiger partial charge in [0.2, 0.25) is 5.91 Å². The van der Waals surface area contributed by atoms with E-state index in [4.69, 9.17) is 0 Å². The molecule has 1 rings (SSSR count). The number of amides is 1. The van der Waals surface area contributed by atoms with E-state index in [9.17, 15) is 4.79 Å². The third kappa shape index (κ3) is 9.40. The van der Waals surface area contributed by atoms with Crippen LogP contribution in [0.5, 0.6) is 0 Å². The average Bonchev–Trinajstić information content (AvgIpc) is 2.59. The SMILES string of the molecule is CCNC(=O)C(C)(C)CN=C(NCC)NC(C)CCc1ccccc1.I. The average molecular weight is 474 g/mol. The first-order valence-electron chi connectivity index (χ1n) is 9.26. The Morgan fingerprint density at radius 2 is 1.73 bits per heavy atom. The van der Waals surface area contributed by atoms with E-state index in [1.54, 1.807) is 0 Å². The molecule has 0 fully saturated rings. The number of halogens is 1. The maximum Gasteiger partial charge on any atom is 0.227 e. The van der Waals surface area contributed by atoms with Crippen molar-refractivity contribution in [3.8, 4) is 0 Å². The van der Waals surface area contributed by atoms with Crippen LogP contribution in [0.4, 0.5) is 0 Å². The molecule has 0 bridgehead atoms. The highest BCUT2D eigenvalue weighted by atomic mass is 127. The number of aliphatic imine (C=N–C) groups is 1. The van der Waals surface area contributed by atoms with Crippen LogP contribution in [0.15, 0.2) is 35.3 Å². The fourth-order valence-corrected chi connectivity index (χ4v) is 2.40. The zero-order valence-electron chi connectivity index (χ0n) is 16.8. The minimum Gasteiger partial charge on any atom is -0.357 e. The summed E-state index contributed by atoms with van der Waals surface area (Å²) >= 11 is 0. The Morgan fingerprint density at radius 3 is 2.31 bits per heavy atom. The zero-order valence-corrected chi connectivity index (χ0v) is 19.1. The number of guanidine groups is 1. The number of aryl methyl sites for hydroxylation is 1. The lowest BCUT2D eigenvalue weighted by Gasteiger charge is -2.23. The van der Waals surface area contributed by atoms with Gasteiger partial charge in [-0.2, -0.15) is 0 Å². The Labute approximate surface area is 175 Å². The van der Waals surface area contributed by atoms with Crippen LogP contribution in [0, 0.1) is 5.41 Å². The van der Waals surface area contributed by atoms with Crippen LogP contribution in [-0.4, -0.2) is 37.5 Å². The number of hydrogen-bond acceptors (Lipinski definition) is 2. The Bertz CT molecular complexity index is 546. The monoisotopic (exact) mass is 474 g/mol. The summed E-state index contributed by atoms with van der Waals surface area (Å²) in [5, 5.41) is 9.57. The molecule has 0 aliphatic rings.